The summed E-state index contributed by atoms with van der Waals surface area (Å²) in [5.41, 5.74) is 11.8. The van der Waals surface area contributed by atoms with E-state index in [0.29, 0.717) is 34.3 Å². The molecule has 2 aromatic heterocycles. The van der Waals surface area contributed by atoms with Crippen molar-refractivity contribution in [2.45, 2.75) is 25.8 Å². The fourth-order valence-electron chi connectivity index (χ4n) is 4.85. The molecule has 5 rings (SSSR count). The number of fused-ring (bicyclic) bond motifs is 1. The maximum absolute atomic E-state index is 13.9. The van der Waals surface area contributed by atoms with Crippen LogP contribution in [0.4, 0.5) is 20.3 Å². The van der Waals surface area contributed by atoms with Crippen LogP contribution in [0.2, 0.25) is 0 Å². The van der Waals surface area contributed by atoms with E-state index in [9.17, 15) is 8.78 Å². The first-order valence-corrected chi connectivity index (χ1v) is 11.4. The summed E-state index contributed by atoms with van der Waals surface area (Å²) in [6, 6.07) is 12.8. The van der Waals surface area contributed by atoms with Crippen LogP contribution in [0.15, 0.2) is 48.7 Å². The molecule has 0 unspecified atom stereocenters. The first-order chi connectivity index (χ1) is 16.3. The SMILES string of the molecule is Cc1nc2c(-c3cccc(N4CCC(N(C)C)CC4)c3)cnn2c(N)c1-c1ccc(F)c(F)c1. The van der Waals surface area contributed by atoms with Crippen LogP contribution < -0.4 is 10.6 Å². The Kier molecular flexibility index (Phi) is 5.69. The molecule has 6 nitrogen and oxygen atoms in total. The van der Waals surface area contributed by atoms with Crippen molar-refractivity contribution in [3.05, 3.63) is 66.0 Å². The summed E-state index contributed by atoms with van der Waals surface area (Å²) in [6.45, 7) is 3.85. The molecule has 0 aliphatic carbocycles. The van der Waals surface area contributed by atoms with Gasteiger partial charge in [0, 0.05) is 35.9 Å². The molecular formula is C26H28F2N6. The van der Waals surface area contributed by atoms with E-state index in [1.807, 2.05) is 13.0 Å². The Morgan fingerprint density at radius 3 is 2.47 bits per heavy atom. The number of hydrogen-bond donors (Lipinski definition) is 1. The normalized spacial score (nSPS) is 14.9. The molecule has 0 spiro atoms. The number of halogens is 2. The van der Waals surface area contributed by atoms with Crippen molar-refractivity contribution in [1.82, 2.24) is 19.5 Å². The molecule has 3 heterocycles. The Balaban J connectivity index is 1.51. The number of nitrogens with zero attached hydrogens (tertiary/aromatic N) is 5. The zero-order valence-corrected chi connectivity index (χ0v) is 19.6. The zero-order valence-electron chi connectivity index (χ0n) is 19.6. The molecule has 0 saturated carbocycles. The van der Waals surface area contributed by atoms with Gasteiger partial charge in [-0.15, -0.1) is 0 Å². The van der Waals surface area contributed by atoms with Crippen molar-refractivity contribution >= 4 is 17.2 Å². The van der Waals surface area contributed by atoms with Crippen LogP contribution >= 0.6 is 0 Å². The highest BCUT2D eigenvalue weighted by molar-refractivity contribution is 5.84. The number of rotatable bonds is 4. The second-order valence-corrected chi connectivity index (χ2v) is 9.11. The Labute approximate surface area is 197 Å². The van der Waals surface area contributed by atoms with E-state index in [2.05, 4.69) is 47.2 Å². The van der Waals surface area contributed by atoms with Crippen LogP contribution in [0.1, 0.15) is 18.5 Å². The van der Waals surface area contributed by atoms with Gasteiger partial charge in [-0.2, -0.15) is 9.61 Å². The number of nitrogens with two attached hydrogens (primary N) is 1. The van der Waals surface area contributed by atoms with E-state index in [1.165, 1.54) is 11.8 Å². The van der Waals surface area contributed by atoms with Crippen molar-refractivity contribution in [2.24, 2.45) is 0 Å². The topological polar surface area (TPSA) is 62.7 Å². The third-order valence-corrected chi connectivity index (χ3v) is 6.79. The Morgan fingerprint density at radius 2 is 1.76 bits per heavy atom. The number of aryl methyl sites for hydroxylation is 1. The van der Waals surface area contributed by atoms with E-state index >= 15 is 0 Å². The van der Waals surface area contributed by atoms with Gasteiger partial charge in [-0.25, -0.2) is 13.8 Å². The number of aromatic nitrogens is 3. The fraction of sp³-hybridized carbons (Fsp3) is 0.308. The largest absolute Gasteiger partial charge is 0.383 e. The van der Waals surface area contributed by atoms with Crippen LogP contribution in [-0.2, 0) is 0 Å². The van der Waals surface area contributed by atoms with Gasteiger partial charge >= 0.3 is 0 Å². The molecule has 4 aromatic rings. The average molecular weight is 463 g/mol. The number of piperidine rings is 1. The van der Waals surface area contributed by atoms with Crippen molar-refractivity contribution in [2.75, 3.05) is 37.8 Å². The van der Waals surface area contributed by atoms with Gasteiger partial charge < -0.3 is 15.5 Å². The predicted molar refractivity (Wildman–Crippen MR) is 132 cm³/mol. The second kappa shape index (κ2) is 8.68. The second-order valence-electron chi connectivity index (χ2n) is 9.11. The summed E-state index contributed by atoms with van der Waals surface area (Å²) < 4.78 is 28.9. The quantitative estimate of drug-likeness (QED) is 0.474. The molecule has 1 aliphatic rings. The Bertz CT molecular complexity index is 1360. The first kappa shape index (κ1) is 22.3. The third-order valence-electron chi connectivity index (χ3n) is 6.79. The molecule has 0 atom stereocenters. The maximum atomic E-state index is 13.9. The Hall–Kier alpha value is -3.52. The summed E-state index contributed by atoms with van der Waals surface area (Å²) in [5, 5.41) is 4.48. The highest BCUT2D eigenvalue weighted by Crippen LogP contribution is 2.34. The Morgan fingerprint density at radius 1 is 1.00 bits per heavy atom. The molecule has 0 amide bonds. The molecular weight excluding hydrogens is 434 g/mol. The van der Waals surface area contributed by atoms with Crippen LogP contribution in [-0.4, -0.2) is 52.7 Å². The molecule has 1 fully saturated rings. The molecule has 34 heavy (non-hydrogen) atoms. The molecule has 2 aromatic carbocycles. The lowest BCUT2D eigenvalue weighted by molar-refractivity contribution is 0.249. The van der Waals surface area contributed by atoms with Crippen molar-refractivity contribution in [1.29, 1.82) is 0 Å². The monoisotopic (exact) mass is 462 g/mol. The molecule has 0 radical (unpaired) electrons. The van der Waals surface area contributed by atoms with E-state index in [-0.39, 0.29) is 0 Å². The van der Waals surface area contributed by atoms with Crippen LogP contribution in [0.5, 0.6) is 0 Å². The molecule has 8 heteroatoms. The van der Waals surface area contributed by atoms with Gasteiger partial charge in [0.25, 0.3) is 0 Å². The lowest BCUT2D eigenvalue weighted by Crippen LogP contribution is -2.41. The predicted octanol–water partition coefficient (Wildman–Crippen LogP) is 4.76. The minimum Gasteiger partial charge on any atom is -0.383 e. The van der Waals surface area contributed by atoms with Gasteiger partial charge in [0.05, 0.1) is 11.9 Å². The number of nitrogen functional groups attached to an aromatic ring is 1. The van der Waals surface area contributed by atoms with E-state index in [0.717, 1.165) is 49.2 Å². The number of benzene rings is 2. The molecule has 1 aliphatic heterocycles. The highest BCUT2D eigenvalue weighted by atomic mass is 19.2. The molecule has 0 bridgehead atoms. The van der Waals surface area contributed by atoms with Crippen LogP contribution in [0.25, 0.3) is 27.9 Å². The van der Waals surface area contributed by atoms with Crippen molar-refractivity contribution in [3.8, 4) is 22.3 Å². The molecule has 2 N–H and O–H groups in total. The minimum absolute atomic E-state index is 0.335. The third kappa shape index (κ3) is 3.88. The van der Waals surface area contributed by atoms with Gasteiger partial charge in [-0.05, 0) is 69.3 Å². The maximum Gasteiger partial charge on any atom is 0.165 e. The van der Waals surface area contributed by atoms with Gasteiger partial charge in [0.15, 0.2) is 17.3 Å². The van der Waals surface area contributed by atoms with E-state index in [1.54, 1.807) is 10.7 Å². The first-order valence-electron chi connectivity index (χ1n) is 11.4. The summed E-state index contributed by atoms with van der Waals surface area (Å²) in [5.74, 6) is -1.49. The molecule has 176 valence electrons. The zero-order chi connectivity index (χ0) is 24.0. The summed E-state index contributed by atoms with van der Waals surface area (Å²) in [4.78, 5) is 9.48. The van der Waals surface area contributed by atoms with Crippen molar-refractivity contribution in [3.63, 3.8) is 0 Å². The average Bonchev–Trinajstić information content (AvgIpc) is 3.25. The number of hydrogen-bond acceptors (Lipinski definition) is 5. The van der Waals surface area contributed by atoms with Gasteiger partial charge in [-0.3, -0.25) is 0 Å². The molecule has 1 saturated heterocycles. The van der Waals surface area contributed by atoms with E-state index < -0.39 is 11.6 Å². The lowest BCUT2D eigenvalue weighted by Gasteiger charge is -2.36. The summed E-state index contributed by atoms with van der Waals surface area (Å²) in [7, 11) is 4.29. The van der Waals surface area contributed by atoms with Gasteiger partial charge in [0.1, 0.15) is 5.82 Å². The van der Waals surface area contributed by atoms with Crippen LogP contribution in [0, 0.1) is 18.6 Å². The number of anilines is 2. The minimum atomic E-state index is -0.927. The summed E-state index contributed by atoms with van der Waals surface area (Å²) >= 11 is 0. The highest BCUT2D eigenvalue weighted by Gasteiger charge is 2.22. The van der Waals surface area contributed by atoms with Gasteiger partial charge in [0.2, 0.25) is 0 Å². The summed E-state index contributed by atoms with van der Waals surface area (Å²) in [6.07, 6.45) is 4.03. The van der Waals surface area contributed by atoms with Gasteiger partial charge in [-0.1, -0.05) is 18.2 Å². The smallest absolute Gasteiger partial charge is 0.165 e. The standard InChI is InChI=1S/C26H28F2N6/c1-16-24(18-7-8-22(27)23(28)14-18)25(29)34-26(31-16)21(15-30-34)17-5-4-6-20(13-17)33-11-9-19(10-12-33)32(2)3/h4-8,13-15,19H,9-12,29H2,1-3H3. The van der Waals surface area contributed by atoms with E-state index in [4.69, 9.17) is 10.7 Å². The van der Waals surface area contributed by atoms with Crippen LogP contribution in [0.3, 0.4) is 0 Å². The van der Waals surface area contributed by atoms with Crippen molar-refractivity contribution < 1.29 is 8.78 Å². The fourth-order valence-corrected chi connectivity index (χ4v) is 4.85. The lowest BCUT2D eigenvalue weighted by atomic mass is 10.0.